The molecule has 1 aromatic rings. The van der Waals surface area contributed by atoms with Crippen molar-refractivity contribution in [3.8, 4) is 0 Å². The molecule has 8 heteroatoms. The van der Waals surface area contributed by atoms with Crippen LogP contribution in [0.3, 0.4) is 0 Å². The number of hydroxylamine groups is 2. The van der Waals surface area contributed by atoms with Crippen LogP contribution in [-0.2, 0) is 14.4 Å². The van der Waals surface area contributed by atoms with Gasteiger partial charge in [-0.1, -0.05) is 24.1 Å². The van der Waals surface area contributed by atoms with Crippen molar-refractivity contribution in [1.29, 1.82) is 0 Å². The topological polar surface area (TPSA) is 102 Å². The van der Waals surface area contributed by atoms with Crippen LogP contribution in [0.5, 0.6) is 0 Å². The summed E-state index contributed by atoms with van der Waals surface area (Å²) in [5, 5.41) is 2.88. The average molecular weight is 348 g/mol. The SMILES string of the molecule is CC(CNC(=O)OC(C)(C)C)C(=O)ON1C(=O)c2ccccc2C1=O. The quantitative estimate of drug-likeness (QED) is 0.834. The van der Waals surface area contributed by atoms with Crippen LogP contribution in [0.25, 0.3) is 0 Å². The lowest BCUT2D eigenvalue weighted by Gasteiger charge is -2.21. The molecule has 2 rings (SSSR count). The van der Waals surface area contributed by atoms with Crippen molar-refractivity contribution in [2.75, 3.05) is 6.54 Å². The molecule has 134 valence electrons. The van der Waals surface area contributed by atoms with E-state index < -0.39 is 35.4 Å². The van der Waals surface area contributed by atoms with Gasteiger partial charge in [0.2, 0.25) is 0 Å². The van der Waals surface area contributed by atoms with Crippen molar-refractivity contribution in [3.63, 3.8) is 0 Å². The van der Waals surface area contributed by atoms with E-state index in [9.17, 15) is 19.2 Å². The van der Waals surface area contributed by atoms with Crippen molar-refractivity contribution < 1.29 is 28.8 Å². The molecule has 1 aliphatic rings. The maximum atomic E-state index is 12.1. The van der Waals surface area contributed by atoms with Gasteiger partial charge < -0.3 is 14.9 Å². The summed E-state index contributed by atoms with van der Waals surface area (Å²) in [7, 11) is 0. The van der Waals surface area contributed by atoms with Gasteiger partial charge in [0.05, 0.1) is 17.0 Å². The van der Waals surface area contributed by atoms with E-state index in [-0.39, 0.29) is 17.7 Å². The predicted molar refractivity (Wildman–Crippen MR) is 86.4 cm³/mol. The van der Waals surface area contributed by atoms with Crippen LogP contribution < -0.4 is 5.32 Å². The van der Waals surface area contributed by atoms with Crippen LogP contribution in [-0.4, -0.2) is 41.1 Å². The van der Waals surface area contributed by atoms with E-state index in [1.54, 1.807) is 32.9 Å². The Kier molecular flexibility index (Phi) is 5.10. The Hall–Kier alpha value is -2.90. The standard InChI is InChI=1S/C17H20N2O6/c1-10(9-18-16(23)24-17(2,3)4)15(22)25-19-13(20)11-7-5-6-8-12(11)14(19)21/h5-8,10H,9H2,1-4H3,(H,18,23). The number of benzene rings is 1. The van der Waals surface area contributed by atoms with Gasteiger partial charge in [-0.2, -0.15) is 0 Å². The van der Waals surface area contributed by atoms with Gasteiger partial charge in [-0.25, -0.2) is 9.59 Å². The molecule has 3 amide bonds. The van der Waals surface area contributed by atoms with E-state index in [1.165, 1.54) is 19.1 Å². The summed E-state index contributed by atoms with van der Waals surface area (Å²) in [6.45, 7) is 6.58. The van der Waals surface area contributed by atoms with Crippen LogP contribution >= 0.6 is 0 Å². The van der Waals surface area contributed by atoms with Crippen LogP contribution in [0, 0.1) is 5.92 Å². The number of hydrogen-bond donors (Lipinski definition) is 1. The van der Waals surface area contributed by atoms with E-state index in [0.717, 1.165) is 0 Å². The number of rotatable bonds is 4. The molecule has 0 aliphatic carbocycles. The van der Waals surface area contributed by atoms with E-state index in [2.05, 4.69) is 5.32 Å². The van der Waals surface area contributed by atoms with Crippen LogP contribution in [0.1, 0.15) is 48.4 Å². The second-order valence-corrected chi connectivity index (χ2v) is 6.64. The zero-order valence-electron chi connectivity index (χ0n) is 14.5. The highest BCUT2D eigenvalue weighted by molar-refractivity contribution is 6.20. The van der Waals surface area contributed by atoms with Crippen molar-refractivity contribution in [2.24, 2.45) is 5.92 Å². The first-order valence-electron chi connectivity index (χ1n) is 7.76. The molecule has 0 saturated carbocycles. The van der Waals surface area contributed by atoms with Gasteiger partial charge in [0, 0.05) is 6.54 Å². The number of nitrogens with zero attached hydrogens (tertiary/aromatic N) is 1. The number of alkyl carbamates (subject to hydrolysis) is 1. The molecule has 8 nitrogen and oxygen atoms in total. The fourth-order valence-electron chi connectivity index (χ4n) is 2.06. The van der Waals surface area contributed by atoms with Crippen LogP contribution in [0.15, 0.2) is 24.3 Å². The average Bonchev–Trinajstić information content (AvgIpc) is 2.76. The highest BCUT2D eigenvalue weighted by atomic mass is 16.7. The van der Waals surface area contributed by atoms with Gasteiger partial charge in [0.15, 0.2) is 0 Å². The Morgan fingerprint density at radius 3 is 2.12 bits per heavy atom. The third kappa shape index (κ3) is 4.34. The van der Waals surface area contributed by atoms with Gasteiger partial charge >= 0.3 is 12.1 Å². The van der Waals surface area contributed by atoms with Gasteiger partial charge in [-0.15, -0.1) is 0 Å². The van der Waals surface area contributed by atoms with Crippen molar-refractivity contribution in [3.05, 3.63) is 35.4 Å². The van der Waals surface area contributed by atoms with Crippen molar-refractivity contribution in [2.45, 2.75) is 33.3 Å². The fraction of sp³-hybridized carbons (Fsp3) is 0.412. The molecule has 1 atom stereocenters. The molecule has 0 spiro atoms. The minimum Gasteiger partial charge on any atom is -0.444 e. The summed E-state index contributed by atoms with van der Waals surface area (Å²) < 4.78 is 5.06. The lowest BCUT2D eigenvalue weighted by atomic mass is 10.1. The van der Waals surface area contributed by atoms with E-state index >= 15 is 0 Å². The first-order chi connectivity index (χ1) is 11.6. The second-order valence-electron chi connectivity index (χ2n) is 6.64. The molecule has 25 heavy (non-hydrogen) atoms. The van der Waals surface area contributed by atoms with Gasteiger partial charge in [0.1, 0.15) is 5.60 Å². The first-order valence-corrected chi connectivity index (χ1v) is 7.76. The number of ether oxygens (including phenoxy) is 1. The maximum absolute atomic E-state index is 12.1. The predicted octanol–water partition coefficient (Wildman–Crippen LogP) is 1.90. The number of fused-ring (bicyclic) bond motifs is 1. The molecule has 0 radical (unpaired) electrons. The largest absolute Gasteiger partial charge is 0.444 e. The Bertz CT molecular complexity index is 687. The molecular weight excluding hydrogens is 328 g/mol. The minimum atomic E-state index is -0.814. The molecule has 1 aromatic carbocycles. The summed E-state index contributed by atoms with van der Waals surface area (Å²) in [6.07, 6.45) is -0.673. The molecule has 0 aromatic heterocycles. The Morgan fingerprint density at radius 2 is 1.64 bits per heavy atom. The lowest BCUT2D eigenvalue weighted by molar-refractivity contribution is -0.172. The molecule has 1 heterocycles. The molecule has 1 unspecified atom stereocenters. The van der Waals surface area contributed by atoms with Gasteiger partial charge in [0.25, 0.3) is 11.8 Å². The normalized spacial score (nSPS) is 14.8. The summed E-state index contributed by atoms with van der Waals surface area (Å²) >= 11 is 0. The monoisotopic (exact) mass is 348 g/mol. The number of amides is 3. The zero-order chi connectivity index (χ0) is 18.8. The van der Waals surface area contributed by atoms with Crippen LogP contribution in [0.4, 0.5) is 4.79 Å². The molecular formula is C17H20N2O6. The fourth-order valence-corrected chi connectivity index (χ4v) is 2.06. The minimum absolute atomic E-state index is 0.0586. The first kappa shape index (κ1) is 18.4. The Morgan fingerprint density at radius 1 is 1.12 bits per heavy atom. The zero-order valence-corrected chi connectivity index (χ0v) is 14.5. The number of nitrogens with one attached hydrogen (secondary N) is 1. The lowest BCUT2D eigenvalue weighted by Crippen LogP contribution is -2.39. The number of imide groups is 1. The number of hydrogen-bond acceptors (Lipinski definition) is 6. The molecule has 0 bridgehead atoms. The van der Waals surface area contributed by atoms with Crippen molar-refractivity contribution in [1.82, 2.24) is 10.4 Å². The second kappa shape index (κ2) is 6.92. The summed E-state index contributed by atoms with van der Waals surface area (Å²) in [6, 6.07) is 6.19. The van der Waals surface area contributed by atoms with E-state index in [1.807, 2.05) is 0 Å². The number of carbonyl (C=O) groups excluding carboxylic acids is 4. The third-order valence-corrected chi connectivity index (χ3v) is 3.29. The van der Waals surface area contributed by atoms with E-state index in [0.29, 0.717) is 5.06 Å². The maximum Gasteiger partial charge on any atom is 0.407 e. The highest BCUT2D eigenvalue weighted by Gasteiger charge is 2.39. The summed E-state index contributed by atoms with van der Waals surface area (Å²) in [5.41, 5.74) is -0.298. The summed E-state index contributed by atoms with van der Waals surface area (Å²) in [5.74, 6) is -2.98. The Labute approximate surface area is 145 Å². The highest BCUT2D eigenvalue weighted by Crippen LogP contribution is 2.23. The van der Waals surface area contributed by atoms with Gasteiger partial charge in [-0.3, -0.25) is 9.59 Å². The molecule has 0 fully saturated rings. The summed E-state index contributed by atoms with van der Waals surface area (Å²) in [4.78, 5) is 52.8. The molecule has 1 aliphatic heterocycles. The Balaban J connectivity index is 1.91. The molecule has 0 saturated heterocycles. The van der Waals surface area contributed by atoms with E-state index in [4.69, 9.17) is 9.57 Å². The van der Waals surface area contributed by atoms with Crippen molar-refractivity contribution >= 4 is 23.9 Å². The third-order valence-electron chi connectivity index (χ3n) is 3.29. The van der Waals surface area contributed by atoms with Crippen LogP contribution in [0.2, 0.25) is 0 Å². The smallest absolute Gasteiger partial charge is 0.407 e. The molecule has 1 N–H and O–H groups in total. The number of carbonyl (C=O) groups is 4. The van der Waals surface area contributed by atoms with Gasteiger partial charge in [-0.05, 0) is 32.9 Å².